The molecule has 1 saturated carbocycles. The average Bonchev–Trinajstić information content (AvgIpc) is 2.71. The van der Waals surface area contributed by atoms with Crippen molar-refractivity contribution in [2.24, 2.45) is 17.0 Å². The van der Waals surface area contributed by atoms with Crippen LogP contribution in [0.2, 0.25) is 0 Å². The fourth-order valence-corrected chi connectivity index (χ4v) is 3.80. The monoisotopic (exact) mass is 304 g/mol. The van der Waals surface area contributed by atoms with Gasteiger partial charge < -0.3 is 10.0 Å². The molecule has 114 valence electrons. The summed E-state index contributed by atoms with van der Waals surface area (Å²) in [6.07, 6.45) is 2.74. The molecule has 2 aliphatic rings. The standard InChI is InChI=1S/C12H20N2O5S/c13-20(18,19)10-5-11(15)14(7-10)6-8-1-3-9(4-2-8)12(16)17/h8-10H,1-7H2,(H,16,17)(H2,13,18,19). The summed E-state index contributed by atoms with van der Waals surface area (Å²) in [5.41, 5.74) is 0. The van der Waals surface area contributed by atoms with Gasteiger partial charge in [-0.3, -0.25) is 9.59 Å². The number of aliphatic carboxylic acids is 1. The molecule has 1 amide bonds. The topological polar surface area (TPSA) is 118 Å². The van der Waals surface area contributed by atoms with Crippen LogP contribution in [0.25, 0.3) is 0 Å². The van der Waals surface area contributed by atoms with Crippen molar-refractivity contribution in [3.05, 3.63) is 0 Å². The Balaban J connectivity index is 1.86. The van der Waals surface area contributed by atoms with Crippen LogP contribution in [0.3, 0.4) is 0 Å². The molecule has 1 saturated heterocycles. The van der Waals surface area contributed by atoms with E-state index in [9.17, 15) is 18.0 Å². The van der Waals surface area contributed by atoms with Crippen molar-refractivity contribution < 1.29 is 23.1 Å². The highest BCUT2D eigenvalue weighted by molar-refractivity contribution is 7.89. The van der Waals surface area contributed by atoms with Gasteiger partial charge in [0.2, 0.25) is 15.9 Å². The SMILES string of the molecule is NS(=O)(=O)C1CC(=O)N(CC2CCC(C(=O)O)CC2)C1. The third-order valence-electron chi connectivity index (χ3n) is 4.32. The fraction of sp³-hybridized carbons (Fsp3) is 0.833. The largest absolute Gasteiger partial charge is 0.481 e. The zero-order valence-electron chi connectivity index (χ0n) is 11.2. The van der Waals surface area contributed by atoms with Gasteiger partial charge in [0, 0.05) is 19.5 Å². The van der Waals surface area contributed by atoms with Crippen LogP contribution in [0.5, 0.6) is 0 Å². The van der Waals surface area contributed by atoms with Crippen molar-refractivity contribution >= 4 is 21.9 Å². The van der Waals surface area contributed by atoms with Gasteiger partial charge in [0.1, 0.15) is 5.25 Å². The molecule has 1 aliphatic heterocycles. The van der Waals surface area contributed by atoms with Gasteiger partial charge in [-0.15, -0.1) is 0 Å². The number of rotatable bonds is 4. The normalized spacial score (nSPS) is 31.6. The number of likely N-dealkylation sites (tertiary alicyclic amines) is 1. The second-order valence-electron chi connectivity index (χ2n) is 5.77. The molecular formula is C12H20N2O5S. The molecule has 0 aromatic heterocycles. The number of carbonyl (C=O) groups excluding carboxylic acids is 1. The lowest BCUT2D eigenvalue weighted by Crippen LogP contribution is -2.36. The number of hydrogen-bond donors (Lipinski definition) is 2. The molecule has 0 aromatic carbocycles. The van der Waals surface area contributed by atoms with Gasteiger partial charge in [0.25, 0.3) is 0 Å². The van der Waals surface area contributed by atoms with E-state index in [1.807, 2.05) is 0 Å². The lowest BCUT2D eigenvalue weighted by molar-refractivity contribution is -0.143. The molecule has 1 unspecified atom stereocenters. The summed E-state index contributed by atoms with van der Waals surface area (Å²) in [6, 6.07) is 0. The van der Waals surface area contributed by atoms with Crippen LogP contribution in [0.15, 0.2) is 0 Å². The summed E-state index contributed by atoms with van der Waals surface area (Å²) in [5.74, 6) is -0.953. The fourth-order valence-electron chi connectivity index (χ4n) is 3.04. The maximum atomic E-state index is 11.8. The Bertz CT molecular complexity index is 496. The molecule has 20 heavy (non-hydrogen) atoms. The zero-order chi connectivity index (χ0) is 14.9. The molecule has 1 aliphatic carbocycles. The highest BCUT2D eigenvalue weighted by Crippen LogP contribution is 2.30. The van der Waals surface area contributed by atoms with E-state index in [1.165, 1.54) is 0 Å². The number of hydrogen-bond acceptors (Lipinski definition) is 4. The lowest BCUT2D eigenvalue weighted by atomic mass is 9.82. The van der Waals surface area contributed by atoms with Crippen LogP contribution in [-0.2, 0) is 19.6 Å². The molecule has 8 heteroatoms. The molecule has 0 spiro atoms. The lowest BCUT2D eigenvalue weighted by Gasteiger charge is -2.29. The molecule has 0 bridgehead atoms. The second kappa shape index (κ2) is 5.69. The van der Waals surface area contributed by atoms with E-state index in [1.54, 1.807) is 4.90 Å². The van der Waals surface area contributed by atoms with Crippen LogP contribution < -0.4 is 5.14 Å². The van der Waals surface area contributed by atoms with E-state index in [4.69, 9.17) is 10.2 Å². The predicted octanol–water partition coefficient (Wildman–Crippen LogP) is -0.233. The molecular weight excluding hydrogens is 284 g/mol. The minimum absolute atomic E-state index is 0.0384. The zero-order valence-corrected chi connectivity index (χ0v) is 12.0. The Morgan fingerprint density at radius 2 is 1.90 bits per heavy atom. The third-order valence-corrected chi connectivity index (χ3v) is 5.56. The Morgan fingerprint density at radius 1 is 1.30 bits per heavy atom. The second-order valence-corrected chi connectivity index (χ2v) is 7.61. The third kappa shape index (κ3) is 3.49. The Kier molecular flexibility index (Phi) is 4.33. The van der Waals surface area contributed by atoms with Crippen molar-refractivity contribution in [3.8, 4) is 0 Å². The average molecular weight is 304 g/mol. The smallest absolute Gasteiger partial charge is 0.306 e. The summed E-state index contributed by atoms with van der Waals surface area (Å²) in [7, 11) is -3.67. The number of nitrogens with zero attached hydrogens (tertiary/aromatic N) is 1. The molecule has 2 fully saturated rings. The summed E-state index contributed by atoms with van der Waals surface area (Å²) in [6.45, 7) is 0.674. The summed E-state index contributed by atoms with van der Waals surface area (Å²) in [5, 5.41) is 13.2. The number of primary sulfonamides is 1. The molecule has 0 aromatic rings. The van der Waals surface area contributed by atoms with Crippen LogP contribution in [-0.4, -0.2) is 48.6 Å². The molecule has 0 radical (unpaired) electrons. The number of carbonyl (C=O) groups is 2. The van der Waals surface area contributed by atoms with Crippen molar-refractivity contribution in [1.29, 1.82) is 0 Å². The van der Waals surface area contributed by atoms with Gasteiger partial charge in [-0.2, -0.15) is 0 Å². The Labute approximate surface area is 118 Å². The van der Waals surface area contributed by atoms with Gasteiger partial charge >= 0.3 is 5.97 Å². The van der Waals surface area contributed by atoms with Crippen LogP contribution in [0.1, 0.15) is 32.1 Å². The Morgan fingerprint density at radius 3 is 2.35 bits per heavy atom. The minimum atomic E-state index is -3.67. The number of sulfonamides is 1. The molecule has 3 N–H and O–H groups in total. The molecule has 1 heterocycles. The molecule has 1 atom stereocenters. The van der Waals surface area contributed by atoms with Gasteiger partial charge in [-0.05, 0) is 31.6 Å². The summed E-state index contributed by atoms with van der Waals surface area (Å²) in [4.78, 5) is 24.2. The van der Waals surface area contributed by atoms with E-state index in [-0.39, 0.29) is 30.7 Å². The van der Waals surface area contributed by atoms with Gasteiger partial charge in [0.05, 0.1) is 5.92 Å². The minimum Gasteiger partial charge on any atom is -0.481 e. The molecule has 7 nitrogen and oxygen atoms in total. The Hall–Kier alpha value is -1.15. The van der Waals surface area contributed by atoms with Gasteiger partial charge in [-0.1, -0.05) is 0 Å². The van der Waals surface area contributed by atoms with Crippen LogP contribution in [0.4, 0.5) is 0 Å². The maximum Gasteiger partial charge on any atom is 0.306 e. The highest BCUT2D eigenvalue weighted by atomic mass is 32.2. The number of nitrogens with two attached hydrogens (primary N) is 1. The van der Waals surface area contributed by atoms with E-state index in [2.05, 4.69) is 0 Å². The molecule has 2 rings (SSSR count). The highest BCUT2D eigenvalue weighted by Gasteiger charge is 2.38. The predicted molar refractivity (Wildman–Crippen MR) is 71.2 cm³/mol. The van der Waals surface area contributed by atoms with E-state index < -0.39 is 21.2 Å². The van der Waals surface area contributed by atoms with Crippen molar-refractivity contribution in [1.82, 2.24) is 4.90 Å². The number of carboxylic acids is 1. The van der Waals surface area contributed by atoms with Crippen LogP contribution >= 0.6 is 0 Å². The van der Waals surface area contributed by atoms with Crippen molar-refractivity contribution in [2.75, 3.05) is 13.1 Å². The van der Waals surface area contributed by atoms with Gasteiger partial charge in [0.15, 0.2) is 0 Å². The quantitative estimate of drug-likeness (QED) is 0.743. The first kappa shape index (κ1) is 15.2. The van der Waals surface area contributed by atoms with Crippen LogP contribution in [0, 0.1) is 11.8 Å². The van der Waals surface area contributed by atoms with E-state index in [0.717, 1.165) is 12.8 Å². The first-order valence-electron chi connectivity index (χ1n) is 6.79. The first-order chi connectivity index (χ1) is 9.27. The number of amides is 1. The maximum absolute atomic E-state index is 11.8. The summed E-state index contributed by atoms with van der Waals surface area (Å²) < 4.78 is 22.5. The summed E-state index contributed by atoms with van der Waals surface area (Å²) >= 11 is 0. The number of carboxylic acid groups (broad SMARTS) is 1. The van der Waals surface area contributed by atoms with E-state index in [0.29, 0.717) is 19.4 Å². The van der Waals surface area contributed by atoms with Crippen molar-refractivity contribution in [2.45, 2.75) is 37.4 Å². The van der Waals surface area contributed by atoms with E-state index >= 15 is 0 Å². The first-order valence-corrected chi connectivity index (χ1v) is 8.40. The van der Waals surface area contributed by atoms with Crippen molar-refractivity contribution in [3.63, 3.8) is 0 Å². The van der Waals surface area contributed by atoms with Gasteiger partial charge in [-0.25, -0.2) is 13.6 Å².